The number of fused-ring (bicyclic) bond motifs is 1. The summed E-state index contributed by atoms with van der Waals surface area (Å²) in [5.74, 6) is -0.498. The molecule has 2 aliphatic carbocycles. The molecule has 0 saturated heterocycles. The summed E-state index contributed by atoms with van der Waals surface area (Å²) < 4.78 is 24.9. The number of aryl methyl sites for hydroxylation is 1. The molecule has 2 aromatic rings. The van der Waals surface area contributed by atoms with E-state index in [1.807, 2.05) is 11.4 Å². The molecule has 0 aliphatic heterocycles. The molecule has 0 spiro atoms. The normalized spacial score (nSPS) is 17.2. The summed E-state index contributed by atoms with van der Waals surface area (Å²) in [5, 5.41) is 5.04. The van der Waals surface area contributed by atoms with Gasteiger partial charge in [-0.05, 0) is 55.5 Å². The van der Waals surface area contributed by atoms with E-state index in [-0.39, 0.29) is 29.1 Å². The number of carbonyl (C=O) groups excluding carboxylic acids is 2. The van der Waals surface area contributed by atoms with E-state index >= 15 is 0 Å². The number of nitrogens with one attached hydrogen (secondary N) is 1. The van der Waals surface area contributed by atoms with Gasteiger partial charge in [0.2, 0.25) is 11.7 Å². The summed E-state index contributed by atoms with van der Waals surface area (Å²) in [5.41, 5.74) is 1.67. The first kappa shape index (κ1) is 20.8. The highest BCUT2D eigenvalue weighted by atomic mass is 32.2. The van der Waals surface area contributed by atoms with E-state index in [1.54, 1.807) is 6.07 Å². The van der Waals surface area contributed by atoms with Crippen LogP contribution in [0, 0.1) is 0 Å². The van der Waals surface area contributed by atoms with Gasteiger partial charge in [0.1, 0.15) is 5.00 Å². The molecular weight excluding hydrogens is 426 g/mol. The van der Waals surface area contributed by atoms with Gasteiger partial charge in [-0.1, -0.05) is 18.9 Å². The van der Waals surface area contributed by atoms with Crippen LogP contribution in [0.1, 0.15) is 70.6 Å². The van der Waals surface area contributed by atoms with Crippen molar-refractivity contribution in [1.82, 2.24) is 0 Å². The molecule has 0 unspecified atom stereocenters. The van der Waals surface area contributed by atoms with E-state index in [0.29, 0.717) is 28.3 Å². The zero-order valence-corrected chi connectivity index (χ0v) is 18.7. The molecule has 1 amide bonds. The van der Waals surface area contributed by atoms with Gasteiger partial charge in [0.25, 0.3) is 0 Å². The van der Waals surface area contributed by atoms with E-state index in [0.717, 1.165) is 44.1 Å². The fraction of sp³-hybridized carbons (Fsp3) is 0.524. The number of carbonyl (C=O) groups is 2. The van der Waals surface area contributed by atoms with Crippen molar-refractivity contribution >= 4 is 49.2 Å². The van der Waals surface area contributed by atoms with Crippen molar-refractivity contribution in [3.05, 3.63) is 38.4 Å². The van der Waals surface area contributed by atoms with E-state index < -0.39 is 9.84 Å². The Morgan fingerprint density at radius 1 is 1.10 bits per heavy atom. The number of hydrogen-bond acceptors (Lipinski definition) is 6. The molecule has 156 valence electrons. The van der Waals surface area contributed by atoms with Gasteiger partial charge >= 0.3 is 0 Å². The lowest BCUT2D eigenvalue weighted by atomic mass is 9.93. The topological polar surface area (TPSA) is 80.3 Å². The van der Waals surface area contributed by atoms with Crippen LogP contribution >= 0.6 is 22.7 Å². The van der Waals surface area contributed by atoms with Gasteiger partial charge in [-0.15, -0.1) is 22.7 Å². The zero-order chi connectivity index (χ0) is 20.4. The lowest BCUT2D eigenvalue weighted by Crippen LogP contribution is -2.24. The number of sulfone groups is 1. The lowest BCUT2D eigenvalue weighted by Gasteiger charge is -2.12. The summed E-state index contributed by atoms with van der Waals surface area (Å²) in [7, 11) is -3.23. The van der Waals surface area contributed by atoms with Crippen molar-refractivity contribution in [1.29, 1.82) is 0 Å². The van der Waals surface area contributed by atoms with Crippen molar-refractivity contribution in [3.8, 4) is 0 Å². The Morgan fingerprint density at radius 3 is 2.59 bits per heavy atom. The Morgan fingerprint density at radius 2 is 1.86 bits per heavy atom. The van der Waals surface area contributed by atoms with Crippen molar-refractivity contribution in [2.45, 2.75) is 63.0 Å². The van der Waals surface area contributed by atoms with E-state index in [4.69, 9.17) is 0 Å². The second-order valence-electron chi connectivity index (χ2n) is 7.79. The monoisotopic (exact) mass is 451 g/mol. The van der Waals surface area contributed by atoms with Gasteiger partial charge < -0.3 is 5.32 Å². The molecule has 2 aromatic heterocycles. The third-order valence-electron chi connectivity index (χ3n) is 5.82. The minimum Gasteiger partial charge on any atom is -0.317 e. The van der Waals surface area contributed by atoms with Crippen LogP contribution in [0.4, 0.5) is 5.00 Å². The van der Waals surface area contributed by atoms with Crippen LogP contribution < -0.4 is 5.32 Å². The van der Waals surface area contributed by atoms with Gasteiger partial charge in [0.05, 0.1) is 21.4 Å². The molecule has 0 bridgehead atoms. The van der Waals surface area contributed by atoms with Crippen molar-refractivity contribution in [3.63, 3.8) is 0 Å². The third kappa shape index (κ3) is 4.49. The number of anilines is 1. The first-order valence-electron chi connectivity index (χ1n) is 10.2. The minimum atomic E-state index is -3.23. The number of thiophene rings is 2. The molecule has 0 aromatic carbocycles. The van der Waals surface area contributed by atoms with Crippen LogP contribution in [0.3, 0.4) is 0 Å². The Balaban J connectivity index is 1.51. The molecular formula is C21H25NO4S3. The second kappa shape index (κ2) is 8.70. The number of hydrogen-bond donors (Lipinski definition) is 1. The summed E-state index contributed by atoms with van der Waals surface area (Å²) in [6.45, 7) is 0. The molecule has 29 heavy (non-hydrogen) atoms. The number of amides is 1. The predicted molar refractivity (Wildman–Crippen MR) is 118 cm³/mol. The van der Waals surface area contributed by atoms with Gasteiger partial charge in [-0.3, -0.25) is 9.59 Å². The lowest BCUT2D eigenvalue weighted by molar-refractivity contribution is -0.115. The molecule has 2 aliphatic rings. The fourth-order valence-corrected chi connectivity index (χ4v) is 8.09. The highest BCUT2D eigenvalue weighted by Gasteiger charge is 2.30. The maximum Gasteiger partial charge on any atom is 0.226 e. The first-order chi connectivity index (χ1) is 14.0. The fourth-order valence-electron chi connectivity index (χ4n) is 4.26. The van der Waals surface area contributed by atoms with Crippen LogP contribution in [-0.2, 0) is 27.5 Å². The number of ketones is 1. The molecule has 5 nitrogen and oxygen atoms in total. The van der Waals surface area contributed by atoms with Gasteiger partial charge in [-0.2, -0.15) is 0 Å². The van der Waals surface area contributed by atoms with Gasteiger partial charge in [0, 0.05) is 11.3 Å². The SMILES string of the molecule is O=C(CCS(=O)(=O)C1CCCC1)Nc1sc2c(c1C(=O)c1cccs1)CCCC2. The third-order valence-corrected chi connectivity index (χ3v) is 10.2. The van der Waals surface area contributed by atoms with Gasteiger partial charge in [-0.25, -0.2) is 8.42 Å². The maximum absolute atomic E-state index is 13.1. The van der Waals surface area contributed by atoms with E-state index in [2.05, 4.69) is 5.32 Å². The summed E-state index contributed by atoms with van der Waals surface area (Å²) in [4.78, 5) is 27.5. The predicted octanol–water partition coefficient (Wildman–Crippen LogP) is 4.61. The smallest absolute Gasteiger partial charge is 0.226 e. The molecule has 0 radical (unpaired) electrons. The Kier molecular flexibility index (Phi) is 6.22. The van der Waals surface area contributed by atoms with Crippen LogP contribution in [0.5, 0.6) is 0 Å². The van der Waals surface area contributed by atoms with Crippen LogP contribution in [0.15, 0.2) is 17.5 Å². The second-order valence-corrected chi connectivity index (χ2v) is 12.2. The van der Waals surface area contributed by atoms with E-state index in [9.17, 15) is 18.0 Å². The summed E-state index contributed by atoms with van der Waals surface area (Å²) in [6, 6.07) is 3.66. The first-order valence-corrected chi connectivity index (χ1v) is 13.6. The quantitative estimate of drug-likeness (QED) is 0.624. The maximum atomic E-state index is 13.1. The molecule has 0 atom stereocenters. The average molecular weight is 452 g/mol. The molecule has 1 saturated carbocycles. The molecule has 1 N–H and O–H groups in total. The standard InChI is InChI=1S/C21H25NO4S3/c23-18(11-13-29(25,26)14-6-1-2-7-14)22-21-19(20(24)17-10-5-12-27-17)15-8-3-4-9-16(15)28-21/h5,10,12,14H,1-4,6-9,11,13H2,(H,22,23). The van der Waals surface area contributed by atoms with Crippen LogP contribution in [-0.4, -0.2) is 31.1 Å². The van der Waals surface area contributed by atoms with Crippen LogP contribution in [0.25, 0.3) is 0 Å². The van der Waals surface area contributed by atoms with Gasteiger partial charge in [0.15, 0.2) is 9.84 Å². The Hall–Kier alpha value is -1.51. The van der Waals surface area contributed by atoms with Crippen molar-refractivity contribution < 1.29 is 18.0 Å². The largest absolute Gasteiger partial charge is 0.317 e. The van der Waals surface area contributed by atoms with E-state index in [1.165, 1.54) is 27.6 Å². The van der Waals surface area contributed by atoms with Crippen LogP contribution in [0.2, 0.25) is 0 Å². The Bertz CT molecular complexity index is 999. The summed E-state index contributed by atoms with van der Waals surface area (Å²) >= 11 is 2.88. The number of rotatable bonds is 7. The highest BCUT2D eigenvalue weighted by Crippen LogP contribution is 2.40. The minimum absolute atomic E-state index is 0.0479. The summed E-state index contributed by atoms with van der Waals surface area (Å²) in [6.07, 6.45) is 7.17. The zero-order valence-electron chi connectivity index (χ0n) is 16.2. The average Bonchev–Trinajstić information content (AvgIpc) is 3.46. The van der Waals surface area contributed by atoms with Crippen molar-refractivity contribution in [2.24, 2.45) is 0 Å². The molecule has 1 fully saturated rings. The highest BCUT2D eigenvalue weighted by molar-refractivity contribution is 7.92. The van der Waals surface area contributed by atoms with Crippen molar-refractivity contribution in [2.75, 3.05) is 11.1 Å². The molecule has 4 rings (SSSR count). The molecule has 2 heterocycles. The Labute approximate surface area is 179 Å². The molecule has 8 heteroatoms.